The van der Waals surface area contributed by atoms with Crippen LogP contribution in [0.3, 0.4) is 0 Å². The molecule has 0 radical (unpaired) electrons. The molecule has 0 aliphatic heterocycles. The number of hydrogen-bond acceptors (Lipinski definition) is 2. The Bertz CT molecular complexity index is 574. The third-order valence-corrected chi connectivity index (χ3v) is 3.20. The van der Waals surface area contributed by atoms with Gasteiger partial charge in [0.1, 0.15) is 5.82 Å². The highest BCUT2D eigenvalue weighted by Crippen LogP contribution is 2.21. The van der Waals surface area contributed by atoms with E-state index in [4.69, 9.17) is 0 Å². The first-order valence-corrected chi connectivity index (χ1v) is 6.02. The van der Waals surface area contributed by atoms with Crippen molar-refractivity contribution >= 4 is 27.5 Å². The van der Waals surface area contributed by atoms with E-state index in [-0.39, 0.29) is 11.5 Å². The molecule has 92 valence electrons. The summed E-state index contributed by atoms with van der Waals surface area (Å²) >= 11 is 3.25. The Labute approximate surface area is 112 Å². The van der Waals surface area contributed by atoms with Gasteiger partial charge in [-0.25, -0.2) is 4.39 Å². The lowest BCUT2D eigenvalue weighted by atomic mass is 10.2. The molecule has 1 aromatic heterocycles. The Morgan fingerprint density at radius 1 is 1.28 bits per heavy atom. The maximum absolute atomic E-state index is 13.2. The fraction of sp³-hybridized carbons (Fsp3) is 0.0769. The molecule has 0 fully saturated rings. The number of benzene rings is 1. The molecule has 0 unspecified atom stereocenters. The average Bonchev–Trinajstić information content (AvgIpc) is 2.41. The number of pyridine rings is 1. The van der Waals surface area contributed by atoms with E-state index in [1.54, 1.807) is 31.6 Å². The number of carbonyl (C=O) groups excluding carboxylic acids is 1. The number of hydrogen-bond donors (Lipinski definition) is 0. The first-order chi connectivity index (χ1) is 8.59. The fourth-order valence-electron chi connectivity index (χ4n) is 1.53. The number of rotatable bonds is 2. The molecule has 2 rings (SSSR count). The van der Waals surface area contributed by atoms with Crippen LogP contribution < -0.4 is 4.90 Å². The number of carbonyl (C=O) groups is 1. The molecule has 0 aliphatic rings. The fourth-order valence-corrected chi connectivity index (χ4v) is 1.94. The second-order valence-electron chi connectivity index (χ2n) is 3.69. The van der Waals surface area contributed by atoms with Gasteiger partial charge in [0.15, 0.2) is 0 Å². The monoisotopic (exact) mass is 308 g/mol. The molecule has 0 saturated carbocycles. The molecule has 1 heterocycles. The second-order valence-corrected chi connectivity index (χ2v) is 4.55. The van der Waals surface area contributed by atoms with E-state index in [1.807, 2.05) is 0 Å². The van der Waals surface area contributed by atoms with Gasteiger partial charge >= 0.3 is 0 Å². The summed E-state index contributed by atoms with van der Waals surface area (Å²) in [6, 6.07) is 7.45. The SMILES string of the molecule is CN(C(=O)c1cc(F)ccc1Br)c1ccncc1. The number of amides is 1. The van der Waals surface area contributed by atoms with Crippen LogP contribution in [0.5, 0.6) is 0 Å². The van der Waals surface area contributed by atoms with Crippen molar-refractivity contribution in [3.8, 4) is 0 Å². The van der Waals surface area contributed by atoms with Gasteiger partial charge in [-0.1, -0.05) is 0 Å². The van der Waals surface area contributed by atoms with E-state index in [2.05, 4.69) is 20.9 Å². The van der Waals surface area contributed by atoms with Crippen molar-refractivity contribution in [2.45, 2.75) is 0 Å². The molecule has 0 bridgehead atoms. The maximum atomic E-state index is 13.2. The van der Waals surface area contributed by atoms with Crippen molar-refractivity contribution in [2.75, 3.05) is 11.9 Å². The van der Waals surface area contributed by atoms with Crippen molar-refractivity contribution in [1.82, 2.24) is 4.98 Å². The lowest BCUT2D eigenvalue weighted by Crippen LogP contribution is -2.26. The Morgan fingerprint density at radius 3 is 2.61 bits per heavy atom. The minimum absolute atomic E-state index is 0.285. The van der Waals surface area contributed by atoms with Crippen molar-refractivity contribution in [2.24, 2.45) is 0 Å². The molecule has 1 amide bonds. The Kier molecular flexibility index (Phi) is 3.72. The third kappa shape index (κ3) is 2.56. The second kappa shape index (κ2) is 5.27. The Morgan fingerprint density at radius 2 is 1.94 bits per heavy atom. The minimum atomic E-state index is -0.440. The van der Waals surface area contributed by atoms with Gasteiger partial charge in [-0.15, -0.1) is 0 Å². The van der Waals surface area contributed by atoms with E-state index >= 15 is 0 Å². The lowest BCUT2D eigenvalue weighted by Gasteiger charge is -2.17. The van der Waals surface area contributed by atoms with Crippen molar-refractivity contribution in [3.05, 3.63) is 58.6 Å². The summed E-state index contributed by atoms with van der Waals surface area (Å²) in [7, 11) is 1.63. The third-order valence-electron chi connectivity index (χ3n) is 2.51. The Balaban J connectivity index is 2.34. The smallest absolute Gasteiger partial charge is 0.259 e. The van der Waals surface area contributed by atoms with Gasteiger partial charge in [-0.3, -0.25) is 9.78 Å². The molecule has 18 heavy (non-hydrogen) atoms. The van der Waals surface area contributed by atoms with Crippen LogP contribution in [0.15, 0.2) is 47.2 Å². The quantitative estimate of drug-likeness (QED) is 0.853. The molecule has 0 N–H and O–H groups in total. The Hall–Kier alpha value is -1.75. The van der Waals surface area contributed by atoms with Crippen LogP contribution >= 0.6 is 15.9 Å². The highest BCUT2D eigenvalue weighted by molar-refractivity contribution is 9.10. The summed E-state index contributed by atoms with van der Waals surface area (Å²) in [6.45, 7) is 0. The zero-order valence-electron chi connectivity index (χ0n) is 9.60. The molecule has 0 atom stereocenters. The van der Waals surface area contributed by atoms with Gasteiger partial charge in [-0.05, 0) is 46.3 Å². The van der Waals surface area contributed by atoms with E-state index in [9.17, 15) is 9.18 Å². The predicted molar refractivity (Wildman–Crippen MR) is 71.1 cm³/mol. The topological polar surface area (TPSA) is 33.2 Å². The first kappa shape index (κ1) is 12.7. The highest BCUT2D eigenvalue weighted by atomic mass is 79.9. The average molecular weight is 309 g/mol. The van der Waals surface area contributed by atoms with Gasteiger partial charge in [0.25, 0.3) is 5.91 Å². The number of aromatic nitrogens is 1. The summed E-state index contributed by atoms with van der Waals surface area (Å²) < 4.78 is 13.7. The van der Waals surface area contributed by atoms with Crippen LogP contribution in [0, 0.1) is 5.82 Å². The molecule has 0 spiro atoms. The molecule has 0 aliphatic carbocycles. The normalized spacial score (nSPS) is 10.2. The van der Waals surface area contributed by atoms with Gasteiger partial charge in [0.2, 0.25) is 0 Å². The number of nitrogens with zero attached hydrogens (tertiary/aromatic N) is 2. The van der Waals surface area contributed by atoms with Crippen molar-refractivity contribution in [1.29, 1.82) is 0 Å². The largest absolute Gasteiger partial charge is 0.311 e. The molecule has 1 aromatic carbocycles. The lowest BCUT2D eigenvalue weighted by molar-refractivity contribution is 0.0992. The van der Waals surface area contributed by atoms with Crippen molar-refractivity contribution < 1.29 is 9.18 Å². The summed E-state index contributed by atoms with van der Waals surface area (Å²) in [4.78, 5) is 17.6. The van der Waals surface area contributed by atoms with E-state index in [1.165, 1.54) is 23.1 Å². The van der Waals surface area contributed by atoms with Crippen LogP contribution in [0.4, 0.5) is 10.1 Å². The minimum Gasteiger partial charge on any atom is -0.311 e. The number of anilines is 1. The summed E-state index contributed by atoms with van der Waals surface area (Å²) in [5, 5.41) is 0. The molecule has 0 saturated heterocycles. The van der Waals surface area contributed by atoms with Crippen molar-refractivity contribution in [3.63, 3.8) is 0 Å². The number of halogens is 2. The molecule has 5 heteroatoms. The maximum Gasteiger partial charge on any atom is 0.259 e. The van der Waals surface area contributed by atoms with E-state index in [0.717, 1.165) is 0 Å². The van der Waals surface area contributed by atoms with Crippen LogP contribution in [0.2, 0.25) is 0 Å². The highest BCUT2D eigenvalue weighted by Gasteiger charge is 2.16. The van der Waals surface area contributed by atoms with Gasteiger partial charge in [0.05, 0.1) is 5.56 Å². The van der Waals surface area contributed by atoms with Gasteiger partial charge in [-0.2, -0.15) is 0 Å². The van der Waals surface area contributed by atoms with Crippen LogP contribution in [-0.4, -0.2) is 17.9 Å². The van der Waals surface area contributed by atoms with E-state index < -0.39 is 5.82 Å². The molecule has 2 aromatic rings. The van der Waals surface area contributed by atoms with Gasteiger partial charge in [0, 0.05) is 29.6 Å². The summed E-state index contributed by atoms with van der Waals surface area (Å²) in [5.41, 5.74) is 0.987. The van der Waals surface area contributed by atoms with Crippen LogP contribution in [-0.2, 0) is 0 Å². The zero-order chi connectivity index (χ0) is 13.1. The molecular weight excluding hydrogens is 299 g/mol. The van der Waals surface area contributed by atoms with Crippen LogP contribution in [0.1, 0.15) is 10.4 Å². The summed E-state index contributed by atoms with van der Waals surface area (Å²) in [6.07, 6.45) is 3.19. The van der Waals surface area contributed by atoms with Gasteiger partial charge < -0.3 is 4.90 Å². The zero-order valence-corrected chi connectivity index (χ0v) is 11.2. The predicted octanol–water partition coefficient (Wildman–Crippen LogP) is 3.26. The van der Waals surface area contributed by atoms with Crippen LogP contribution in [0.25, 0.3) is 0 Å². The van der Waals surface area contributed by atoms with E-state index in [0.29, 0.717) is 10.2 Å². The molecule has 3 nitrogen and oxygen atoms in total. The first-order valence-electron chi connectivity index (χ1n) is 5.22. The standard InChI is InChI=1S/C13H10BrFN2O/c1-17(10-4-6-16-7-5-10)13(18)11-8-9(15)2-3-12(11)14/h2-8H,1H3. The molecular formula is C13H10BrFN2O. The summed E-state index contributed by atoms with van der Waals surface area (Å²) in [5.74, 6) is -0.725.